The largest absolute Gasteiger partial charge is 0.0613 e. The quantitative estimate of drug-likeness (QED) is 0.656. The number of rotatable bonds is 5. The Balaban J connectivity index is 2.64. The predicted molar refractivity (Wildman–Crippen MR) is 77.6 cm³/mol. The number of benzene rings is 1. The van der Waals surface area contributed by atoms with E-state index in [1.807, 2.05) is 0 Å². The summed E-state index contributed by atoms with van der Waals surface area (Å²) in [6.45, 7) is 11.5. The number of hydrogen-bond donors (Lipinski definition) is 0. The van der Waals surface area contributed by atoms with Gasteiger partial charge in [-0.25, -0.2) is 0 Å². The molecule has 0 aliphatic heterocycles. The van der Waals surface area contributed by atoms with Crippen LogP contribution in [-0.2, 0) is 19.3 Å². The highest BCUT2D eigenvalue weighted by Gasteiger charge is 2.09. The SMILES string of the molecule is CCc1cc(CC)cc(CCCC(C)(C)C)c1. The Morgan fingerprint density at radius 3 is 1.71 bits per heavy atom. The lowest BCUT2D eigenvalue weighted by molar-refractivity contribution is 0.365. The molecule has 0 amide bonds. The summed E-state index contributed by atoms with van der Waals surface area (Å²) >= 11 is 0. The molecule has 0 nitrogen and oxygen atoms in total. The van der Waals surface area contributed by atoms with E-state index in [1.165, 1.54) is 36.0 Å². The highest BCUT2D eigenvalue weighted by Crippen LogP contribution is 2.22. The van der Waals surface area contributed by atoms with Crippen molar-refractivity contribution < 1.29 is 0 Å². The van der Waals surface area contributed by atoms with Crippen LogP contribution in [0.5, 0.6) is 0 Å². The maximum Gasteiger partial charge on any atom is -0.0278 e. The minimum atomic E-state index is 0.468. The van der Waals surface area contributed by atoms with Gasteiger partial charge in [-0.3, -0.25) is 0 Å². The van der Waals surface area contributed by atoms with Crippen LogP contribution in [0.2, 0.25) is 0 Å². The predicted octanol–water partition coefficient (Wildman–Crippen LogP) is 5.18. The van der Waals surface area contributed by atoms with Crippen molar-refractivity contribution in [1.29, 1.82) is 0 Å². The summed E-state index contributed by atoms with van der Waals surface area (Å²) in [6.07, 6.45) is 6.16. The molecule has 0 N–H and O–H groups in total. The zero-order valence-corrected chi connectivity index (χ0v) is 12.3. The van der Waals surface area contributed by atoms with Crippen molar-refractivity contribution in [3.63, 3.8) is 0 Å². The molecule has 1 rings (SSSR count). The topological polar surface area (TPSA) is 0 Å². The van der Waals surface area contributed by atoms with Gasteiger partial charge in [-0.2, -0.15) is 0 Å². The van der Waals surface area contributed by atoms with E-state index in [0.717, 1.165) is 12.8 Å². The number of aryl methyl sites for hydroxylation is 3. The van der Waals surface area contributed by atoms with Gasteiger partial charge in [0.2, 0.25) is 0 Å². The average Bonchev–Trinajstić information content (AvgIpc) is 2.26. The van der Waals surface area contributed by atoms with Crippen LogP contribution in [0.1, 0.15) is 64.2 Å². The highest BCUT2D eigenvalue weighted by molar-refractivity contribution is 5.30. The molecule has 0 saturated heterocycles. The lowest BCUT2D eigenvalue weighted by atomic mass is 9.88. The normalized spacial score (nSPS) is 11.8. The summed E-state index contributed by atoms with van der Waals surface area (Å²) in [6, 6.07) is 7.14. The maximum absolute atomic E-state index is 2.39. The van der Waals surface area contributed by atoms with Crippen LogP contribution in [0.4, 0.5) is 0 Å². The standard InChI is InChI=1S/C17H28/c1-6-14-11-15(7-2)13-16(12-14)9-8-10-17(3,4)5/h11-13H,6-10H2,1-5H3. The second-order valence-corrected chi connectivity index (χ2v) is 6.28. The molecule has 0 aromatic heterocycles. The third-order valence-electron chi connectivity index (χ3n) is 3.32. The van der Waals surface area contributed by atoms with E-state index in [1.54, 1.807) is 0 Å². The van der Waals surface area contributed by atoms with Gasteiger partial charge in [-0.1, -0.05) is 52.8 Å². The molecule has 0 bridgehead atoms. The van der Waals surface area contributed by atoms with Crippen molar-refractivity contribution >= 4 is 0 Å². The van der Waals surface area contributed by atoms with Gasteiger partial charge in [0.1, 0.15) is 0 Å². The van der Waals surface area contributed by atoms with Crippen LogP contribution in [0.3, 0.4) is 0 Å². The molecule has 0 fully saturated rings. The van der Waals surface area contributed by atoms with E-state index in [2.05, 4.69) is 52.8 Å². The van der Waals surface area contributed by atoms with Crippen molar-refractivity contribution in [2.45, 2.75) is 66.7 Å². The fraction of sp³-hybridized carbons (Fsp3) is 0.647. The third-order valence-corrected chi connectivity index (χ3v) is 3.32. The minimum absolute atomic E-state index is 0.468. The molecule has 17 heavy (non-hydrogen) atoms. The molecule has 0 saturated carbocycles. The smallest absolute Gasteiger partial charge is 0.0278 e. The van der Waals surface area contributed by atoms with Crippen LogP contribution in [-0.4, -0.2) is 0 Å². The van der Waals surface area contributed by atoms with E-state index >= 15 is 0 Å². The highest BCUT2D eigenvalue weighted by atomic mass is 14.1. The maximum atomic E-state index is 2.39. The zero-order chi connectivity index (χ0) is 12.9. The Labute approximate surface area is 107 Å². The van der Waals surface area contributed by atoms with E-state index < -0.39 is 0 Å². The molecule has 1 aromatic carbocycles. The van der Waals surface area contributed by atoms with Gasteiger partial charge in [-0.15, -0.1) is 0 Å². The van der Waals surface area contributed by atoms with E-state index in [4.69, 9.17) is 0 Å². The first-order chi connectivity index (χ1) is 7.94. The molecular formula is C17H28. The molecule has 0 unspecified atom stereocenters. The lowest BCUT2D eigenvalue weighted by Crippen LogP contribution is -2.05. The van der Waals surface area contributed by atoms with Gasteiger partial charge in [0.25, 0.3) is 0 Å². The van der Waals surface area contributed by atoms with Crippen LogP contribution in [0, 0.1) is 5.41 Å². The second kappa shape index (κ2) is 6.23. The van der Waals surface area contributed by atoms with E-state index in [9.17, 15) is 0 Å². The van der Waals surface area contributed by atoms with E-state index in [-0.39, 0.29) is 0 Å². The summed E-state index contributed by atoms with van der Waals surface area (Å²) < 4.78 is 0. The first kappa shape index (κ1) is 14.3. The summed E-state index contributed by atoms with van der Waals surface area (Å²) in [5.74, 6) is 0. The van der Waals surface area contributed by atoms with Crippen molar-refractivity contribution in [3.05, 3.63) is 34.9 Å². The fourth-order valence-corrected chi connectivity index (χ4v) is 2.21. The molecule has 96 valence electrons. The molecule has 0 heterocycles. The van der Waals surface area contributed by atoms with Gasteiger partial charge in [-0.05, 0) is 54.2 Å². The lowest BCUT2D eigenvalue weighted by Gasteiger charge is -2.17. The third kappa shape index (κ3) is 5.39. The van der Waals surface area contributed by atoms with Crippen LogP contribution in [0.15, 0.2) is 18.2 Å². The molecule has 1 aromatic rings. The van der Waals surface area contributed by atoms with Gasteiger partial charge in [0, 0.05) is 0 Å². The molecule has 0 atom stereocenters. The zero-order valence-electron chi connectivity index (χ0n) is 12.3. The van der Waals surface area contributed by atoms with Crippen molar-refractivity contribution in [2.24, 2.45) is 5.41 Å². The summed E-state index contributed by atoms with van der Waals surface area (Å²) in [4.78, 5) is 0. The molecule has 0 spiro atoms. The fourth-order valence-electron chi connectivity index (χ4n) is 2.21. The first-order valence-electron chi connectivity index (χ1n) is 7.06. The summed E-state index contributed by atoms with van der Waals surface area (Å²) in [7, 11) is 0. The molecule has 0 radical (unpaired) electrons. The summed E-state index contributed by atoms with van der Waals surface area (Å²) in [5.41, 5.74) is 4.99. The van der Waals surface area contributed by atoms with Crippen molar-refractivity contribution in [3.8, 4) is 0 Å². The van der Waals surface area contributed by atoms with Gasteiger partial charge < -0.3 is 0 Å². The molecular weight excluding hydrogens is 204 g/mol. The first-order valence-corrected chi connectivity index (χ1v) is 7.06. The molecule has 0 aliphatic rings. The Bertz CT molecular complexity index is 319. The van der Waals surface area contributed by atoms with Crippen LogP contribution < -0.4 is 0 Å². The average molecular weight is 232 g/mol. The Kier molecular flexibility index (Phi) is 5.24. The van der Waals surface area contributed by atoms with Crippen LogP contribution in [0.25, 0.3) is 0 Å². The van der Waals surface area contributed by atoms with E-state index in [0.29, 0.717) is 5.41 Å². The Morgan fingerprint density at radius 1 is 0.824 bits per heavy atom. The summed E-state index contributed by atoms with van der Waals surface area (Å²) in [5, 5.41) is 0. The Morgan fingerprint density at radius 2 is 1.29 bits per heavy atom. The van der Waals surface area contributed by atoms with Gasteiger partial charge in [0.15, 0.2) is 0 Å². The minimum Gasteiger partial charge on any atom is -0.0613 e. The van der Waals surface area contributed by atoms with Gasteiger partial charge >= 0.3 is 0 Å². The molecule has 0 heteroatoms. The second-order valence-electron chi connectivity index (χ2n) is 6.28. The number of hydrogen-bond acceptors (Lipinski definition) is 0. The van der Waals surface area contributed by atoms with Crippen molar-refractivity contribution in [1.82, 2.24) is 0 Å². The Hall–Kier alpha value is -0.780. The van der Waals surface area contributed by atoms with Crippen LogP contribution >= 0.6 is 0 Å². The monoisotopic (exact) mass is 232 g/mol. The van der Waals surface area contributed by atoms with Gasteiger partial charge in [0.05, 0.1) is 0 Å². The van der Waals surface area contributed by atoms with Crippen molar-refractivity contribution in [2.75, 3.05) is 0 Å². The molecule has 0 aliphatic carbocycles.